The maximum absolute atomic E-state index is 11.5. The second-order valence-corrected chi connectivity index (χ2v) is 5.98. The molecule has 0 spiro atoms. The van der Waals surface area contributed by atoms with Crippen LogP contribution in [-0.2, 0) is 10.5 Å². The molecule has 19 heavy (non-hydrogen) atoms. The number of amides is 1. The average Bonchev–Trinajstić information content (AvgIpc) is 2.37. The average molecular weight is 304 g/mol. The van der Waals surface area contributed by atoms with Crippen molar-refractivity contribution in [2.75, 3.05) is 18.9 Å². The van der Waals surface area contributed by atoms with E-state index in [0.717, 1.165) is 5.56 Å². The van der Waals surface area contributed by atoms with E-state index in [4.69, 9.17) is 16.7 Å². The number of nitrogens with one attached hydrogen (secondary N) is 1. The molecule has 1 aromatic rings. The van der Waals surface area contributed by atoms with Crippen LogP contribution in [0.15, 0.2) is 24.3 Å². The van der Waals surface area contributed by atoms with Crippen molar-refractivity contribution in [2.24, 2.45) is 0 Å². The smallest absolute Gasteiger partial charge is 0.230 e. The summed E-state index contributed by atoms with van der Waals surface area (Å²) in [6.45, 7) is 1.12. The Bertz CT molecular complexity index is 426. The largest absolute Gasteiger partial charge is 0.393 e. The van der Waals surface area contributed by atoms with Crippen LogP contribution in [0.4, 0.5) is 0 Å². The Kier molecular flexibility index (Phi) is 6.65. The van der Waals surface area contributed by atoms with E-state index in [1.165, 1.54) is 18.7 Å². The summed E-state index contributed by atoms with van der Waals surface area (Å²) in [7, 11) is 0. The quantitative estimate of drug-likeness (QED) is 0.713. The Morgan fingerprint density at radius 1 is 1.53 bits per heavy atom. The highest BCUT2D eigenvalue weighted by molar-refractivity contribution is 7.99. The molecule has 1 amide bonds. The van der Waals surface area contributed by atoms with E-state index >= 15 is 0 Å². The van der Waals surface area contributed by atoms with Gasteiger partial charge in [0.1, 0.15) is 5.60 Å². The normalized spacial score (nSPS) is 13.9. The predicted molar refractivity (Wildman–Crippen MR) is 78.3 cm³/mol. The van der Waals surface area contributed by atoms with Crippen molar-refractivity contribution in [2.45, 2.75) is 18.3 Å². The van der Waals surface area contributed by atoms with Crippen LogP contribution in [0.3, 0.4) is 0 Å². The van der Waals surface area contributed by atoms with Crippen LogP contribution in [0.5, 0.6) is 0 Å². The third kappa shape index (κ3) is 6.82. The van der Waals surface area contributed by atoms with Crippen molar-refractivity contribution in [3.05, 3.63) is 34.9 Å². The van der Waals surface area contributed by atoms with Gasteiger partial charge >= 0.3 is 0 Å². The summed E-state index contributed by atoms with van der Waals surface area (Å²) in [6, 6.07) is 7.49. The third-order valence-corrected chi connectivity index (χ3v) is 3.64. The zero-order valence-electron chi connectivity index (χ0n) is 10.7. The van der Waals surface area contributed by atoms with Gasteiger partial charge in [-0.1, -0.05) is 23.7 Å². The van der Waals surface area contributed by atoms with E-state index in [0.29, 0.717) is 16.5 Å². The number of hydrogen-bond acceptors (Lipinski definition) is 4. The Morgan fingerprint density at radius 3 is 2.89 bits per heavy atom. The lowest BCUT2D eigenvalue weighted by Crippen LogP contribution is -2.43. The van der Waals surface area contributed by atoms with Gasteiger partial charge in [0.15, 0.2) is 0 Å². The molecule has 1 unspecified atom stereocenters. The topological polar surface area (TPSA) is 69.6 Å². The Balaban J connectivity index is 2.24. The maximum atomic E-state index is 11.5. The van der Waals surface area contributed by atoms with Crippen molar-refractivity contribution in [1.29, 1.82) is 0 Å². The molecule has 6 heteroatoms. The number of benzene rings is 1. The van der Waals surface area contributed by atoms with Crippen LogP contribution >= 0.6 is 23.4 Å². The molecule has 4 nitrogen and oxygen atoms in total. The van der Waals surface area contributed by atoms with Gasteiger partial charge in [0, 0.05) is 17.3 Å². The van der Waals surface area contributed by atoms with Crippen molar-refractivity contribution in [1.82, 2.24) is 5.32 Å². The fourth-order valence-electron chi connectivity index (χ4n) is 1.28. The number of halogens is 1. The van der Waals surface area contributed by atoms with Gasteiger partial charge in [-0.3, -0.25) is 4.79 Å². The molecular weight excluding hydrogens is 286 g/mol. The lowest BCUT2D eigenvalue weighted by atomic mass is 10.1. The summed E-state index contributed by atoms with van der Waals surface area (Å²) in [6.07, 6.45) is 0. The van der Waals surface area contributed by atoms with Gasteiger partial charge < -0.3 is 15.5 Å². The maximum Gasteiger partial charge on any atom is 0.230 e. The van der Waals surface area contributed by atoms with Crippen molar-refractivity contribution in [3.8, 4) is 0 Å². The van der Waals surface area contributed by atoms with E-state index < -0.39 is 5.60 Å². The van der Waals surface area contributed by atoms with Crippen LogP contribution in [0.2, 0.25) is 5.02 Å². The summed E-state index contributed by atoms with van der Waals surface area (Å²) in [5, 5.41) is 21.6. The second kappa shape index (κ2) is 7.75. The van der Waals surface area contributed by atoms with E-state index in [2.05, 4.69) is 5.32 Å². The molecule has 1 rings (SSSR count). The number of carbonyl (C=O) groups excluding carboxylic acids is 1. The number of carbonyl (C=O) groups is 1. The van der Waals surface area contributed by atoms with Crippen LogP contribution in [-0.4, -0.2) is 40.6 Å². The molecule has 0 bridgehead atoms. The Labute approximate surface area is 122 Å². The first-order chi connectivity index (χ1) is 8.93. The number of aliphatic hydroxyl groups is 2. The minimum atomic E-state index is -1.27. The molecular formula is C13H18ClNO3S. The number of aliphatic hydroxyl groups excluding tert-OH is 1. The van der Waals surface area contributed by atoms with Crippen LogP contribution < -0.4 is 5.32 Å². The second-order valence-electron chi connectivity index (χ2n) is 4.55. The van der Waals surface area contributed by atoms with Gasteiger partial charge in [-0.2, -0.15) is 0 Å². The van der Waals surface area contributed by atoms with Gasteiger partial charge in [-0.05, 0) is 24.6 Å². The van der Waals surface area contributed by atoms with Gasteiger partial charge in [-0.15, -0.1) is 11.8 Å². The molecule has 0 aliphatic carbocycles. The fraction of sp³-hybridized carbons (Fsp3) is 0.462. The summed E-state index contributed by atoms with van der Waals surface area (Å²) in [5.41, 5.74) is -0.208. The first kappa shape index (κ1) is 16.3. The lowest BCUT2D eigenvalue weighted by Gasteiger charge is -2.20. The Morgan fingerprint density at radius 2 is 2.26 bits per heavy atom. The molecule has 106 valence electrons. The zero-order chi connectivity index (χ0) is 14.3. The minimum Gasteiger partial charge on any atom is -0.393 e. The van der Waals surface area contributed by atoms with Crippen LogP contribution in [0.25, 0.3) is 0 Å². The molecule has 3 N–H and O–H groups in total. The van der Waals surface area contributed by atoms with E-state index in [1.807, 2.05) is 18.2 Å². The minimum absolute atomic E-state index is 0.0417. The first-order valence-electron chi connectivity index (χ1n) is 5.85. The number of hydrogen-bond donors (Lipinski definition) is 3. The highest BCUT2D eigenvalue weighted by Gasteiger charge is 2.19. The molecule has 0 aliphatic rings. The van der Waals surface area contributed by atoms with Gasteiger partial charge in [0.05, 0.1) is 12.4 Å². The van der Waals surface area contributed by atoms with E-state index in [9.17, 15) is 9.90 Å². The highest BCUT2D eigenvalue weighted by Crippen LogP contribution is 2.16. The summed E-state index contributed by atoms with van der Waals surface area (Å²) < 4.78 is 0. The van der Waals surface area contributed by atoms with Crippen molar-refractivity contribution < 1.29 is 15.0 Å². The molecule has 0 saturated heterocycles. The van der Waals surface area contributed by atoms with Crippen molar-refractivity contribution in [3.63, 3.8) is 0 Å². The monoisotopic (exact) mass is 303 g/mol. The van der Waals surface area contributed by atoms with Gasteiger partial charge in [0.25, 0.3) is 0 Å². The van der Waals surface area contributed by atoms with Crippen LogP contribution in [0.1, 0.15) is 12.5 Å². The SMILES string of the molecule is CC(O)(CO)CNC(=O)CSCc1cccc(Cl)c1. The zero-order valence-corrected chi connectivity index (χ0v) is 12.3. The van der Waals surface area contributed by atoms with Crippen LogP contribution in [0, 0.1) is 0 Å². The van der Waals surface area contributed by atoms with Crippen molar-refractivity contribution >= 4 is 29.3 Å². The molecule has 0 saturated carbocycles. The Hall–Kier alpha value is -0.750. The van der Waals surface area contributed by atoms with E-state index in [1.54, 1.807) is 6.07 Å². The third-order valence-electron chi connectivity index (χ3n) is 2.40. The summed E-state index contributed by atoms with van der Waals surface area (Å²) in [5.74, 6) is 0.832. The number of rotatable bonds is 7. The molecule has 0 aromatic heterocycles. The summed E-state index contributed by atoms with van der Waals surface area (Å²) >= 11 is 7.33. The van der Waals surface area contributed by atoms with Gasteiger partial charge in [-0.25, -0.2) is 0 Å². The summed E-state index contributed by atoms with van der Waals surface area (Å²) in [4.78, 5) is 11.5. The standard InChI is InChI=1S/C13H18ClNO3S/c1-13(18,9-16)8-15-12(17)7-19-6-10-3-2-4-11(14)5-10/h2-5,16,18H,6-9H2,1H3,(H,15,17). The first-order valence-corrected chi connectivity index (χ1v) is 7.38. The van der Waals surface area contributed by atoms with E-state index in [-0.39, 0.29) is 19.1 Å². The highest BCUT2D eigenvalue weighted by atomic mass is 35.5. The lowest BCUT2D eigenvalue weighted by molar-refractivity contribution is -0.120. The molecule has 1 atom stereocenters. The molecule has 0 aliphatic heterocycles. The molecule has 0 fully saturated rings. The fourth-order valence-corrected chi connectivity index (χ4v) is 2.30. The molecule has 0 radical (unpaired) electrons. The molecule has 1 aromatic carbocycles. The predicted octanol–water partition coefficient (Wildman–Crippen LogP) is 1.43. The molecule has 0 heterocycles. The number of thioether (sulfide) groups is 1. The van der Waals surface area contributed by atoms with Gasteiger partial charge in [0.2, 0.25) is 5.91 Å².